The Bertz CT molecular complexity index is 943. The fraction of sp³-hybridized carbons (Fsp3) is 0.435. The molecule has 0 bridgehead atoms. The van der Waals surface area contributed by atoms with Crippen molar-refractivity contribution in [2.75, 3.05) is 32.1 Å². The SMILES string of the molecule is CCc1nnc(Nc2cccc(C3CCCN(CCc4ccc(OC)cc4)C3)n2)s1. The predicted octanol–water partition coefficient (Wildman–Crippen LogP) is 4.67. The minimum absolute atomic E-state index is 0.469. The average molecular weight is 424 g/mol. The van der Waals surface area contributed by atoms with Crippen LogP contribution < -0.4 is 10.1 Å². The van der Waals surface area contributed by atoms with E-state index in [1.54, 1.807) is 18.4 Å². The van der Waals surface area contributed by atoms with Gasteiger partial charge in [0, 0.05) is 24.7 Å². The minimum atomic E-state index is 0.469. The average Bonchev–Trinajstić information content (AvgIpc) is 3.26. The van der Waals surface area contributed by atoms with Crippen LogP contribution in [0, 0.1) is 0 Å². The van der Waals surface area contributed by atoms with E-state index in [0.29, 0.717) is 5.92 Å². The molecule has 7 heteroatoms. The van der Waals surface area contributed by atoms with Crippen molar-refractivity contribution in [1.29, 1.82) is 0 Å². The molecular weight excluding hydrogens is 394 g/mol. The highest BCUT2D eigenvalue weighted by Gasteiger charge is 2.22. The molecule has 30 heavy (non-hydrogen) atoms. The zero-order valence-electron chi connectivity index (χ0n) is 17.7. The number of anilines is 2. The van der Waals surface area contributed by atoms with E-state index in [-0.39, 0.29) is 0 Å². The molecule has 0 saturated carbocycles. The maximum atomic E-state index is 5.25. The first-order valence-electron chi connectivity index (χ1n) is 10.6. The van der Waals surface area contributed by atoms with Crippen molar-refractivity contribution in [3.8, 4) is 5.75 Å². The zero-order valence-corrected chi connectivity index (χ0v) is 18.5. The fourth-order valence-corrected chi connectivity index (χ4v) is 4.57. The molecule has 0 aliphatic carbocycles. The number of likely N-dealkylation sites (tertiary alicyclic amines) is 1. The van der Waals surface area contributed by atoms with Gasteiger partial charge in [0.1, 0.15) is 16.6 Å². The summed E-state index contributed by atoms with van der Waals surface area (Å²) in [6.45, 7) is 5.39. The third kappa shape index (κ3) is 5.34. The summed E-state index contributed by atoms with van der Waals surface area (Å²) in [5.74, 6) is 2.23. The molecule has 1 aliphatic heterocycles. The van der Waals surface area contributed by atoms with Crippen molar-refractivity contribution < 1.29 is 4.74 Å². The second kappa shape index (κ2) is 10.00. The number of nitrogens with zero attached hydrogens (tertiary/aromatic N) is 4. The highest BCUT2D eigenvalue weighted by atomic mass is 32.1. The molecule has 0 spiro atoms. The summed E-state index contributed by atoms with van der Waals surface area (Å²) in [6.07, 6.45) is 4.36. The van der Waals surface area contributed by atoms with Crippen molar-refractivity contribution in [3.05, 3.63) is 58.7 Å². The molecule has 4 rings (SSSR count). The van der Waals surface area contributed by atoms with Crippen LogP contribution in [-0.4, -0.2) is 46.8 Å². The maximum absolute atomic E-state index is 5.25. The smallest absolute Gasteiger partial charge is 0.211 e. The van der Waals surface area contributed by atoms with Crippen LogP contribution in [0.25, 0.3) is 0 Å². The highest BCUT2D eigenvalue weighted by molar-refractivity contribution is 7.15. The summed E-state index contributed by atoms with van der Waals surface area (Å²) in [4.78, 5) is 7.45. The zero-order chi connectivity index (χ0) is 20.8. The largest absolute Gasteiger partial charge is 0.497 e. The molecule has 1 unspecified atom stereocenters. The summed E-state index contributed by atoms with van der Waals surface area (Å²) < 4.78 is 5.25. The van der Waals surface area contributed by atoms with Gasteiger partial charge in [-0.2, -0.15) is 0 Å². The predicted molar refractivity (Wildman–Crippen MR) is 122 cm³/mol. The quantitative estimate of drug-likeness (QED) is 0.568. The van der Waals surface area contributed by atoms with E-state index in [9.17, 15) is 0 Å². The summed E-state index contributed by atoms with van der Waals surface area (Å²) in [7, 11) is 1.71. The Morgan fingerprint density at radius 3 is 2.80 bits per heavy atom. The number of pyridine rings is 1. The van der Waals surface area contributed by atoms with Crippen LogP contribution in [-0.2, 0) is 12.8 Å². The topological polar surface area (TPSA) is 63.2 Å². The number of nitrogens with one attached hydrogen (secondary N) is 1. The van der Waals surface area contributed by atoms with Gasteiger partial charge in [-0.15, -0.1) is 10.2 Å². The van der Waals surface area contributed by atoms with Gasteiger partial charge >= 0.3 is 0 Å². The Morgan fingerprint density at radius 2 is 2.03 bits per heavy atom. The molecule has 158 valence electrons. The molecule has 1 N–H and O–H groups in total. The lowest BCUT2D eigenvalue weighted by Crippen LogP contribution is -2.36. The van der Waals surface area contributed by atoms with Gasteiger partial charge in [-0.1, -0.05) is 36.5 Å². The van der Waals surface area contributed by atoms with Gasteiger partial charge in [-0.3, -0.25) is 0 Å². The Labute approximate surface area is 182 Å². The van der Waals surface area contributed by atoms with Crippen LogP contribution >= 0.6 is 11.3 Å². The molecule has 1 aromatic carbocycles. The standard InChI is InChI=1S/C23H29N5OS/c1-3-22-26-27-23(30-22)25-21-8-4-7-20(24-21)18-6-5-14-28(16-18)15-13-17-9-11-19(29-2)12-10-17/h4,7-12,18H,3,5-6,13-16H2,1-2H3,(H,24,25,27). The van der Waals surface area contributed by atoms with Crippen LogP contribution in [0.2, 0.25) is 0 Å². The molecule has 0 radical (unpaired) electrons. The van der Waals surface area contributed by atoms with Crippen molar-refractivity contribution in [2.24, 2.45) is 0 Å². The number of hydrogen-bond acceptors (Lipinski definition) is 7. The van der Waals surface area contributed by atoms with E-state index in [4.69, 9.17) is 9.72 Å². The lowest BCUT2D eigenvalue weighted by Gasteiger charge is -2.32. The van der Waals surface area contributed by atoms with Crippen LogP contribution in [0.15, 0.2) is 42.5 Å². The lowest BCUT2D eigenvalue weighted by atomic mass is 9.94. The molecule has 3 aromatic rings. The molecule has 6 nitrogen and oxygen atoms in total. The Kier molecular flexibility index (Phi) is 6.92. The monoisotopic (exact) mass is 423 g/mol. The highest BCUT2D eigenvalue weighted by Crippen LogP contribution is 2.28. The first kappa shape index (κ1) is 20.8. The number of piperidine rings is 1. The molecule has 2 aromatic heterocycles. The Balaban J connectivity index is 1.35. The number of aryl methyl sites for hydroxylation is 1. The van der Waals surface area contributed by atoms with Crippen molar-refractivity contribution in [2.45, 2.75) is 38.5 Å². The minimum Gasteiger partial charge on any atom is -0.497 e. The molecular formula is C23H29N5OS. The fourth-order valence-electron chi connectivity index (χ4n) is 3.88. The van der Waals surface area contributed by atoms with Gasteiger partial charge in [0.25, 0.3) is 0 Å². The molecule has 3 heterocycles. The summed E-state index contributed by atoms with van der Waals surface area (Å²) >= 11 is 1.59. The number of rotatable bonds is 8. The van der Waals surface area contributed by atoms with Gasteiger partial charge in [-0.25, -0.2) is 4.98 Å². The maximum Gasteiger partial charge on any atom is 0.211 e. The van der Waals surface area contributed by atoms with E-state index < -0.39 is 0 Å². The molecule has 1 fully saturated rings. The molecule has 1 atom stereocenters. The number of benzene rings is 1. The summed E-state index contributed by atoms with van der Waals surface area (Å²) in [5, 5.41) is 13.5. The Hall–Kier alpha value is -2.51. The number of aromatic nitrogens is 3. The van der Waals surface area contributed by atoms with E-state index in [1.165, 1.54) is 18.4 Å². The third-order valence-corrected chi connectivity index (χ3v) is 6.56. The Morgan fingerprint density at radius 1 is 1.17 bits per heavy atom. The third-order valence-electron chi connectivity index (χ3n) is 5.57. The van der Waals surface area contributed by atoms with Crippen molar-refractivity contribution in [3.63, 3.8) is 0 Å². The first-order chi connectivity index (χ1) is 14.7. The second-order valence-corrected chi connectivity index (χ2v) is 8.73. The summed E-state index contributed by atoms with van der Waals surface area (Å²) in [5.41, 5.74) is 2.51. The van der Waals surface area contributed by atoms with Crippen LogP contribution in [0.4, 0.5) is 10.9 Å². The number of methoxy groups -OCH3 is 1. The van der Waals surface area contributed by atoms with E-state index >= 15 is 0 Å². The van der Waals surface area contributed by atoms with Gasteiger partial charge in [0.2, 0.25) is 5.13 Å². The van der Waals surface area contributed by atoms with Gasteiger partial charge in [0.15, 0.2) is 0 Å². The van der Waals surface area contributed by atoms with Gasteiger partial charge < -0.3 is 15.0 Å². The summed E-state index contributed by atoms with van der Waals surface area (Å²) in [6, 6.07) is 14.6. The van der Waals surface area contributed by atoms with Crippen LogP contribution in [0.1, 0.15) is 41.9 Å². The molecule has 0 amide bonds. The van der Waals surface area contributed by atoms with Crippen LogP contribution in [0.3, 0.4) is 0 Å². The first-order valence-corrected chi connectivity index (χ1v) is 11.5. The van der Waals surface area contributed by atoms with Crippen LogP contribution in [0.5, 0.6) is 5.75 Å². The number of ether oxygens (including phenoxy) is 1. The van der Waals surface area contributed by atoms with Gasteiger partial charge in [0.05, 0.1) is 7.11 Å². The van der Waals surface area contributed by atoms with Crippen molar-refractivity contribution >= 4 is 22.3 Å². The lowest BCUT2D eigenvalue weighted by molar-refractivity contribution is 0.208. The van der Waals surface area contributed by atoms with E-state index in [0.717, 1.165) is 59.9 Å². The normalized spacial score (nSPS) is 17.1. The molecule has 1 saturated heterocycles. The number of hydrogen-bond donors (Lipinski definition) is 1. The van der Waals surface area contributed by atoms with Gasteiger partial charge in [-0.05, 0) is 62.1 Å². The van der Waals surface area contributed by atoms with E-state index in [1.807, 2.05) is 18.2 Å². The van der Waals surface area contributed by atoms with Crippen molar-refractivity contribution in [1.82, 2.24) is 20.1 Å². The molecule has 1 aliphatic rings. The second-order valence-electron chi connectivity index (χ2n) is 7.67. The van der Waals surface area contributed by atoms with E-state index in [2.05, 4.69) is 51.6 Å².